The van der Waals surface area contributed by atoms with E-state index in [0.29, 0.717) is 0 Å². The van der Waals surface area contributed by atoms with Crippen LogP contribution < -0.4 is 5.32 Å². The summed E-state index contributed by atoms with van der Waals surface area (Å²) in [6.45, 7) is 3.58. The van der Waals surface area contributed by atoms with Crippen LogP contribution in [0, 0.1) is 0 Å². The second kappa shape index (κ2) is 6.76. The molecule has 0 spiro atoms. The van der Waals surface area contributed by atoms with Crippen molar-refractivity contribution in [2.45, 2.75) is 19.9 Å². The summed E-state index contributed by atoms with van der Waals surface area (Å²) >= 11 is 0. The summed E-state index contributed by atoms with van der Waals surface area (Å²) in [5, 5.41) is 3.32. The van der Waals surface area contributed by atoms with Gasteiger partial charge < -0.3 is 5.32 Å². The molecule has 3 nitrogen and oxygen atoms in total. The smallest absolute Gasteiger partial charge is 0.152 e. The lowest BCUT2D eigenvalue weighted by Gasteiger charge is -2.18. The van der Waals surface area contributed by atoms with Crippen molar-refractivity contribution < 1.29 is 8.42 Å². The average molecular weight is 303 g/mol. The van der Waals surface area contributed by atoms with Gasteiger partial charge in [0.2, 0.25) is 0 Å². The summed E-state index contributed by atoms with van der Waals surface area (Å²) in [6.07, 6.45) is 0. The van der Waals surface area contributed by atoms with Crippen LogP contribution in [0.4, 0.5) is 5.69 Å². The van der Waals surface area contributed by atoms with Gasteiger partial charge >= 0.3 is 0 Å². The minimum atomic E-state index is -2.98. The van der Waals surface area contributed by atoms with E-state index in [1.54, 1.807) is 6.92 Å². The highest BCUT2D eigenvalue weighted by molar-refractivity contribution is 7.91. The van der Waals surface area contributed by atoms with Crippen LogP contribution in [0.25, 0.3) is 11.1 Å². The van der Waals surface area contributed by atoms with Gasteiger partial charge in [0.25, 0.3) is 0 Å². The Bertz CT molecular complexity index is 681. The quantitative estimate of drug-likeness (QED) is 0.887. The van der Waals surface area contributed by atoms with Crippen molar-refractivity contribution in [3.63, 3.8) is 0 Å². The Balaban J connectivity index is 2.22. The van der Waals surface area contributed by atoms with Crippen LogP contribution in [-0.4, -0.2) is 26.0 Å². The highest BCUT2D eigenvalue weighted by Gasteiger charge is 2.14. The minimum Gasteiger partial charge on any atom is -0.381 e. The van der Waals surface area contributed by atoms with Crippen LogP contribution in [0.5, 0.6) is 0 Å². The Morgan fingerprint density at radius 1 is 1.00 bits per heavy atom. The van der Waals surface area contributed by atoms with Gasteiger partial charge in [-0.15, -0.1) is 0 Å². The second-order valence-electron chi connectivity index (χ2n) is 5.16. The third-order valence-corrected chi connectivity index (χ3v) is 5.25. The van der Waals surface area contributed by atoms with E-state index in [0.717, 1.165) is 16.8 Å². The van der Waals surface area contributed by atoms with Crippen molar-refractivity contribution in [1.29, 1.82) is 0 Å². The van der Waals surface area contributed by atoms with E-state index in [2.05, 4.69) is 5.32 Å². The highest BCUT2D eigenvalue weighted by atomic mass is 32.2. The van der Waals surface area contributed by atoms with Gasteiger partial charge in [0.05, 0.1) is 5.75 Å². The van der Waals surface area contributed by atoms with Gasteiger partial charge in [-0.2, -0.15) is 0 Å². The maximum absolute atomic E-state index is 11.7. The van der Waals surface area contributed by atoms with Crippen LogP contribution >= 0.6 is 0 Å². The topological polar surface area (TPSA) is 46.2 Å². The molecular weight excluding hydrogens is 282 g/mol. The van der Waals surface area contributed by atoms with Crippen LogP contribution in [0.1, 0.15) is 13.8 Å². The van der Waals surface area contributed by atoms with E-state index in [-0.39, 0.29) is 17.5 Å². The molecule has 1 N–H and O–H groups in total. The van der Waals surface area contributed by atoms with Crippen LogP contribution in [0.3, 0.4) is 0 Å². The van der Waals surface area contributed by atoms with Crippen molar-refractivity contribution in [2.75, 3.05) is 16.8 Å². The SMILES string of the molecule is CCS(=O)(=O)CC(C)Nc1ccccc1-c1ccccc1. The molecule has 4 heteroatoms. The fraction of sp³-hybridized carbons (Fsp3) is 0.294. The molecule has 0 aromatic heterocycles. The van der Waals surface area contributed by atoms with E-state index in [9.17, 15) is 8.42 Å². The van der Waals surface area contributed by atoms with Crippen molar-refractivity contribution in [3.05, 3.63) is 54.6 Å². The molecule has 0 aliphatic rings. The lowest BCUT2D eigenvalue weighted by atomic mass is 10.0. The summed E-state index contributed by atoms with van der Waals surface area (Å²) < 4.78 is 23.4. The number of nitrogens with one attached hydrogen (secondary N) is 1. The molecule has 21 heavy (non-hydrogen) atoms. The van der Waals surface area contributed by atoms with E-state index in [1.807, 2.05) is 61.5 Å². The van der Waals surface area contributed by atoms with Gasteiger partial charge in [-0.25, -0.2) is 8.42 Å². The zero-order valence-electron chi connectivity index (χ0n) is 12.4. The van der Waals surface area contributed by atoms with Gasteiger partial charge in [0.15, 0.2) is 9.84 Å². The highest BCUT2D eigenvalue weighted by Crippen LogP contribution is 2.28. The first kappa shape index (κ1) is 15.6. The lowest BCUT2D eigenvalue weighted by Crippen LogP contribution is -2.26. The molecule has 0 bridgehead atoms. The van der Waals surface area contributed by atoms with Crippen LogP contribution in [0.15, 0.2) is 54.6 Å². The molecule has 0 radical (unpaired) electrons. The molecule has 0 fully saturated rings. The molecule has 2 aromatic rings. The number of para-hydroxylation sites is 1. The molecule has 0 heterocycles. The molecular formula is C17H21NO2S. The minimum absolute atomic E-state index is 0.125. The molecule has 0 saturated carbocycles. The van der Waals surface area contributed by atoms with E-state index < -0.39 is 9.84 Å². The molecule has 0 aliphatic carbocycles. The van der Waals surface area contributed by atoms with Gasteiger partial charge in [-0.1, -0.05) is 55.5 Å². The molecule has 0 amide bonds. The largest absolute Gasteiger partial charge is 0.381 e. The van der Waals surface area contributed by atoms with Gasteiger partial charge in [-0.3, -0.25) is 0 Å². The summed E-state index contributed by atoms with van der Waals surface area (Å²) in [4.78, 5) is 0. The Morgan fingerprint density at radius 2 is 1.62 bits per heavy atom. The van der Waals surface area contributed by atoms with E-state index in [4.69, 9.17) is 0 Å². The Labute approximate surface area is 126 Å². The van der Waals surface area contributed by atoms with Crippen molar-refractivity contribution in [1.82, 2.24) is 0 Å². The van der Waals surface area contributed by atoms with Crippen molar-refractivity contribution in [3.8, 4) is 11.1 Å². The third kappa shape index (κ3) is 4.33. The molecule has 1 unspecified atom stereocenters. The molecule has 112 valence electrons. The first-order valence-corrected chi connectivity index (χ1v) is 8.95. The summed E-state index contributed by atoms with van der Waals surface area (Å²) in [5.74, 6) is 0.325. The lowest BCUT2D eigenvalue weighted by molar-refractivity contribution is 0.593. The predicted octanol–water partition coefficient (Wildman–Crippen LogP) is 3.59. The van der Waals surface area contributed by atoms with Gasteiger partial charge in [-0.05, 0) is 18.6 Å². The molecule has 0 saturated heterocycles. The number of hydrogen-bond donors (Lipinski definition) is 1. The monoisotopic (exact) mass is 303 g/mol. The fourth-order valence-electron chi connectivity index (χ4n) is 2.28. The number of rotatable bonds is 6. The average Bonchev–Trinajstić information content (AvgIpc) is 2.48. The normalized spacial score (nSPS) is 12.9. The van der Waals surface area contributed by atoms with E-state index in [1.165, 1.54) is 0 Å². The second-order valence-corrected chi connectivity index (χ2v) is 7.55. The molecule has 2 aromatic carbocycles. The van der Waals surface area contributed by atoms with Crippen molar-refractivity contribution >= 4 is 15.5 Å². The Morgan fingerprint density at radius 3 is 2.29 bits per heavy atom. The van der Waals surface area contributed by atoms with Crippen LogP contribution in [-0.2, 0) is 9.84 Å². The summed E-state index contributed by atoms with van der Waals surface area (Å²) in [6, 6.07) is 17.9. The molecule has 2 rings (SSSR count). The maximum Gasteiger partial charge on any atom is 0.152 e. The summed E-state index contributed by atoms with van der Waals surface area (Å²) in [7, 11) is -2.98. The first-order chi connectivity index (χ1) is 10.0. The van der Waals surface area contributed by atoms with E-state index >= 15 is 0 Å². The number of benzene rings is 2. The predicted molar refractivity (Wildman–Crippen MR) is 89.3 cm³/mol. The number of hydrogen-bond acceptors (Lipinski definition) is 3. The Kier molecular flexibility index (Phi) is 5.02. The van der Waals surface area contributed by atoms with Gasteiger partial charge in [0, 0.05) is 23.0 Å². The van der Waals surface area contributed by atoms with Gasteiger partial charge in [0.1, 0.15) is 0 Å². The molecule has 0 aliphatic heterocycles. The fourth-order valence-corrected chi connectivity index (χ4v) is 3.37. The zero-order valence-corrected chi connectivity index (χ0v) is 13.2. The third-order valence-electron chi connectivity index (χ3n) is 3.36. The van der Waals surface area contributed by atoms with Crippen LogP contribution in [0.2, 0.25) is 0 Å². The standard InChI is InChI=1S/C17H21NO2S/c1-3-21(19,20)13-14(2)18-17-12-8-7-11-16(17)15-9-5-4-6-10-15/h4-12,14,18H,3,13H2,1-2H3. The summed E-state index contributed by atoms with van der Waals surface area (Å²) in [5.41, 5.74) is 3.16. The zero-order chi connectivity index (χ0) is 15.3. The first-order valence-electron chi connectivity index (χ1n) is 7.13. The maximum atomic E-state index is 11.7. The number of anilines is 1. The van der Waals surface area contributed by atoms with Crippen molar-refractivity contribution in [2.24, 2.45) is 0 Å². The number of sulfone groups is 1. The Hall–Kier alpha value is -1.81. The molecule has 1 atom stereocenters.